The third-order valence-corrected chi connectivity index (χ3v) is 9.05. The summed E-state index contributed by atoms with van der Waals surface area (Å²) in [5.74, 6) is 1.59. The third kappa shape index (κ3) is 6.03. The summed E-state index contributed by atoms with van der Waals surface area (Å²) >= 11 is 5.88. The summed E-state index contributed by atoms with van der Waals surface area (Å²) in [5.41, 5.74) is 2.19. The summed E-state index contributed by atoms with van der Waals surface area (Å²) in [6.45, 7) is 6.48. The molecule has 5 heterocycles. The quantitative estimate of drug-likeness (QED) is 0.229. The number of carbonyl (C=O) groups is 1. The van der Waals surface area contributed by atoms with Gasteiger partial charge in [-0.25, -0.2) is 19.2 Å². The first-order chi connectivity index (χ1) is 22.3. The van der Waals surface area contributed by atoms with E-state index in [1.54, 1.807) is 42.6 Å². The molecule has 0 amide bonds. The molecule has 46 heavy (non-hydrogen) atoms. The SMILES string of the molecule is Cc1nccn1CCn1c(CN2CCN(c3cccc(OCc4ccc(Cl)cc4F)n3)[C@@H]3COC[C@@H]32)nc2ccc(C(=O)O)cc21. The number of benzene rings is 2. The van der Waals surface area contributed by atoms with Crippen molar-refractivity contribution in [3.8, 4) is 5.88 Å². The van der Waals surface area contributed by atoms with Crippen molar-refractivity contribution in [3.05, 3.63) is 101 Å². The fourth-order valence-electron chi connectivity index (χ4n) is 6.37. The Bertz CT molecular complexity index is 1900. The standard InChI is InChI=1S/C33H33ClFN7O4/c1-21-36-9-10-39(21)11-13-41-27-15-22(33(43)44)6-8-26(27)37-31(41)17-40-12-14-42(29-20-45-19-28(29)40)30-3-2-4-32(38-30)46-18-23-5-7-24(34)16-25(23)35/h2-10,15-16,28-29H,11-14,17-20H2,1H3,(H,43,44)/t28-,29+/m0/s1. The Labute approximate surface area is 269 Å². The van der Waals surface area contributed by atoms with Crippen molar-refractivity contribution in [3.63, 3.8) is 0 Å². The number of piperazine rings is 1. The maximum absolute atomic E-state index is 14.3. The zero-order valence-corrected chi connectivity index (χ0v) is 26.0. The minimum atomic E-state index is -0.969. The molecule has 13 heteroatoms. The second kappa shape index (κ2) is 12.7. The zero-order chi connectivity index (χ0) is 31.8. The Morgan fingerprint density at radius 1 is 1.09 bits per heavy atom. The van der Waals surface area contributed by atoms with Gasteiger partial charge in [-0.2, -0.15) is 4.98 Å². The van der Waals surface area contributed by atoms with Gasteiger partial charge >= 0.3 is 5.97 Å². The van der Waals surface area contributed by atoms with Crippen molar-refractivity contribution >= 4 is 34.4 Å². The maximum atomic E-state index is 14.3. The van der Waals surface area contributed by atoms with E-state index in [2.05, 4.69) is 23.9 Å². The smallest absolute Gasteiger partial charge is 0.335 e. The van der Waals surface area contributed by atoms with Crippen molar-refractivity contribution in [1.82, 2.24) is 29.0 Å². The first-order valence-electron chi connectivity index (χ1n) is 15.2. The summed E-state index contributed by atoms with van der Waals surface area (Å²) in [6.07, 6.45) is 3.72. The van der Waals surface area contributed by atoms with E-state index in [-0.39, 0.29) is 24.3 Å². The number of ether oxygens (including phenoxy) is 2. The molecule has 0 bridgehead atoms. The summed E-state index contributed by atoms with van der Waals surface area (Å²) in [7, 11) is 0. The number of aromatic carboxylic acids is 1. The van der Waals surface area contributed by atoms with E-state index < -0.39 is 11.8 Å². The van der Waals surface area contributed by atoms with Crippen LogP contribution in [-0.2, 0) is 31.0 Å². The van der Waals surface area contributed by atoms with Gasteiger partial charge in [0.05, 0.1) is 48.4 Å². The molecule has 7 rings (SSSR count). The first kappa shape index (κ1) is 30.2. The number of anilines is 1. The summed E-state index contributed by atoms with van der Waals surface area (Å²) in [5, 5.41) is 10.00. The van der Waals surface area contributed by atoms with E-state index >= 15 is 0 Å². The average Bonchev–Trinajstić information content (AvgIpc) is 3.78. The van der Waals surface area contributed by atoms with E-state index in [1.807, 2.05) is 25.3 Å². The highest BCUT2D eigenvalue weighted by atomic mass is 35.5. The lowest BCUT2D eigenvalue weighted by molar-refractivity contribution is 0.0697. The van der Waals surface area contributed by atoms with Crippen molar-refractivity contribution < 1.29 is 23.8 Å². The molecule has 2 aliphatic heterocycles. The van der Waals surface area contributed by atoms with Gasteiger partial charge in [-0.1, -0.05) is 23.7 Å². The highest BCUT2D eigenvalue weighted by Gasteiger charge is 2.41. The van der Waals surface area contributed by atoms with Gasteiger partial charge < -0.3 is 28.6 Å². The Hall–Kier alpha value is -4.52. The van der Waals surface area contributed by atoms with Crippen LogP contribution in [0.2, 0.25) is 5.02 Å². The number of carboxylic acid groups (broad SMARTS) is 1. The number of hydrogen-bond acceptors (Lipinski definition) is 8. The van der Waals surface area contributed by atoms with Crippen LogP contribution in [-0.4, -0.2) is 78.4 Å². The summed E-state index contributed by atoms with van der Waals surface area (Å²) in [6, 6.07) is 15.4. The van der Waals surface area contributed by atoms with Crippen LogP contribution in [0.5, 0.6) is 5.88 Å². The Morgan fingerprint density at radius 2 is 1.96 bits per heavy atom. The van der Waals surface area contributed by atoms with Gasteiger partial charge in [-0.15, -0.1) is 0 Å². The van der Waals surface area contributed by atoms with E-state index in [0.717, 1.165) is 35.0 Å². The molecular formula is C33H33ClFN7O4. The molecule has 1 N–H and O–H groups in total. The molecule has 0 aliphatic carbocycles. The van der Waals surface area contributed by atoms with Gasteiger partial charge in [-0.05, 0) is 43.3 Å². The van der Waals surface area contributed by atoms with Gasteiger partial charge in [0.15, 0.2) is 0 Å². The van der Waals surface area contributed by atoms with Crippen molar-refractivity contribution in [2.75, 3.05) is 31.2 Å². The molecule has 2 fully saturated rings. The number of fused-ring (bicyclic) bond motifs is 2. The number of pyridine rings is 1. The monoisotopic (exact) mass is 645 g/mol. The van der Waals surface area contributed by atoms with E-state index in [9.17, 15) is 14.3 Å². The molecular weight excluding hydrogens is 613 g/mol. The maximum Gasteiger partial charge on any atom is 0.335 e. The molecule has 0 spiro atoms. The number of carboxylic acids is 1. The van der Waals surface area contributed by atoms with Crippen molar-refractivity contribution in [1.29, 1.82) is 0 Å². The van der Waals surface area contributed by atoms with Gasteiger partial charge in [0.2, 0.25) is 5.88 Å². The second-order valence-electron chi connectivity index (χ2n) is 11.6. The molecule has 0 radical (unpaired) electrons. The molecule has 2 saturated heterocycles. The molecule has 2 aromatic carbocycles. The minimum absolute atomic E-state index is 0.0395. The zero-order valence-electron chi connectivity index (χ0n) is 25.2. The molecule has 5 aromatic rings. The number of imidazole rings is 2. The minimum Gasteiger partial charge on any atom is -0.478 e. The van der Waals surface area contributed by atoms with Gasteiger partial charge in [0, 0.05) is 55.2 Å². The fourth-order valence-corrected chi connectivity index (χ4v) is 6.53. The Morgan fingerprint density at radius 3 is 2.76 bits per heavy atom. The summed E-state index contributed by atoms with van der Waals surface area (Å²) < 4.78 is 30.4. The number of aromatic nitrogens is 5. The predicted octanol–water partition coefficient (Wildman–Crippen LogP) is 4.80. The van der Waals surface area contributed by atoms with Crippen LogP contribution >= 0.6 is 11.6 Å². The number of rotatable bonds is 10. The Kier molecular flexibility index (Phi) is 8.33. The molecule has 11 nitrogen and oxygen atoms in total. The van der Waals surface area contributed by atoms with Crippen LogP contribution in [0.4, 0.5) is 10.2 Å². The van der Waals surface area contributed by atoms with Gasteiger partial charge in [-0.3, -0.25) is 4.90 Å². The normalized spacial score (nSPS) is 18.3. The predicted molar refractivity (Wildman–Crippen MR) is 170 cm³/mol. The third-order valence-electron chi connectivity index (χ3n) is 8.82. The largest absolute Gasteiger partial charge is 0.478 e. The van der Waals surface area contributed by atoms with E-state index in [1.165, 1.54) is 6.07 Å². The molecule has 0 unspecified atom stereocenters. The lowest BCUT2D eigenvalue weighted by Gasteiger charge is -2.44. The molecule has 3 aromatic heterocycles. The number of hydrogen-bond donors (Lipinski definition) is 1. The lowest BCUT2D eigenvalue weighted by Crippen LogP contribution is -2.59. The molecule has 0 saturated carbocycles. The van der Waals surface area contributed by atoms with Crippen molar-refractivity contribution in [2.24, 2.45) is 0 Å². The van der Waals surface area contributed by atoms with Crippen LogP contribution in [0.1, 0.15) is 27.6 Å². The topological polar surface area (TPSA) is 111 Å². The van der Waals surface area contributed by atoms with E-state index in [4.69, 9.17) is 31.0 Å². The number of aryl methyl sites for hydroxylation is 3. The van der Waals surface area contributed by atoms with E-state index in [0.29, 0.717) is 55.9 Å². The van der Waals surface area contributed by atoms with Crippen LogP contribution in [0.25, 0.3) is 11.0 Å². The fraction of sp³-hybridized carbons (Fsp3) is 0.333. The van der Waals surface area contributed by atoms with Gasteiger partial charge in [0.1, 0.15) is 29.9 Å². The molecule has 238 valence electrons. The summed E-state index contributed by atoms with van der Waals surface area (Å²) in [4.78, 5) is 30.5. The second-order valence-corrected chi connectivity index (χ2v) is 12.0. The van der Waals surface area contributed by atoms with Crippen LogP contribution in [0.3, 0.4) is 0 Å². The number of nitrogens with zero attached hydrogens (tertiary/aromatic N) is 7. The average molecular weight is 646 g/mol. The first-order valence-corrected chi connectivity index (χ1v) is 15.5. The van der Waals surface area contributed by atoms with Crippen LogP contribution < -0.4 is 9.64 Å². The lowest BCUT2D eigenvalue weighted by atomic mass is 10.0. The highest BCUT2D eigenvalue weighted by Crippen LogP contribution is 2.30. The number of halogens is 2. The molecule has 2 atom stereocenters. The highest BCUT2D eigenvalue weighted by molar-refractivity contribution is 6.30. The Balaban J connectivity index is 1.10. The van der Waals surface area contributed by atoms with Crippen LogP contribution in [0.15, 0.2) is 67.0 Å². The van der Waals surface area contributed by atoms with Gasteiger partial charge in [0.25, 0.3) is 0 Å². The van der Waals surface area contributed by atoms with Crippen LogP contribution in [0, 0.1) is 12.7 Å². The molecule has 2 aliphatic rings. The van der Waals surface area contributed by atoms with Crippen molar-refractivity contribution in [2.45, 2.75) is 45.2 Å².